The zero-order chi connectivity index (χ0) is 15.3. The number of benzene rings is 1. The Bertz CT molecular complexity index is 485. The van der Waals surface area contributed by atoms with Crippen molar-refractivity contribution in [2.24, 2.45) is 5.92 Å². The second kappa shape index (κ2) is 7.38. The first-order valence-corrected chi connectivity index (χ1v) is 6.97. The van der Waals surface area contributed by atoms with E-state index in [-0.39, 0.29) is 11.5 Å². The van der Waals surface area contributed by atoms with Gasteiger partial charge in [-0.3, -0.25) is 4.79 Å². The minimum Gasteiger partial charge on any atom is -0.467 e. The van der Waals surface area contributed by atoms with Gasteiger partial charge in [0, 0.05) is 10.0 Å². The number of nitrogens with one attached hydrogen (secondary N) is 1. The predicted molar refractivity (Wildman–Crippen MR) is 76.8 cm³/mol. The van der Waals surface area contributed by atoms with E-state index in [0.717, 1.165) is 6.07 Å². The van der Waals surface area contributed by atoms with Crippen molar-refractivity contribution in [3.63, 3.8) is 0 Å². The molecule has 0 saturated carbocycles. The second-order valence-corrected chi connectivity index (χ2v) is 5.75. The van der Waals surface area contributed by atoms with Crippen LogP contribution in [0, 0.1) is 11.7 Å². The highest BCUT2D eigenvalue weighted by atomic mass is 79.9. The lowest BCUT2D eigenvalue weighted by atomic mass is 10.0. The summed E-state index contributed by atoms with van der Waals surface area (Å²) in [4.78, 5) is 23.7. The lowest BCUT2D eigenvalue weighted by Crippen LogP contribution is -2.42. The van der Waals surface area contributed by atoms with Crippen molar-refractivity contribution in [3.05, 3.63) is 34.1 Å². The smallest absolute Gasteiger partial charge is 0.328 e. The highest BCUT2D eigenvalue weighted by Crippen LogP contribution is 2.15. The van der Waals surface area contributed by atoms with Crippen LogP contribution in [0.25, 0.3) is 0 Å². The van der Waals surface area contributed by atoms with Crippen LogP contribution in [0.5, 0.6) is 0 Å². The Labute approximate surface area is 125 Å². The third-order valence-corrected chi connectivity index (χ3v) is 3.08. The molecule has 1 unspecified atom stereocenters. The summed E-state index contributed by atoms with van der Waals surface area (Å²) in [7, 11) is 1.26. The molecule has 1 aromatic rings. The van der Waals surface area contributed by atoms with Crippen LogP contribution in [0.3, 0.4) is 0 Å². The topological polar surface area (TPSA) is 55.4 Å². The fraction of sp³-hybridized carbons (Fsp3) is 0.429. The number of methoxy groups -OCH3 is 1. The normalized spacial score (nSPS) is 12.1. The summed E-state index contributed by atoms with van der Waals surface area (Å²) >= 11 is 3.12. The summed E-state index contributed by atoms with van der Waals surface area (Å²) in [6, 6.07) is 3.11. The Morgan fingerprint density at radius 2 is 2.00 bits per heavy atom. The SMILES string of the molecule is COC(=O)C(CC(C)C)NC(=O)c1cc(F)cc(Br)c1. The molecule has 0 fully saturated rings. The van der Waals surface area contributed by atoms with Crippen LogP contribution in [0.2, 0.25) is 0 Å². The molecule has 0 radical (unpaired) electrons. The van der Waals surface area contributed by atoms with Crippen molar-refractivity contribution in [3.8, 4) is 0 Å². The molecular weight excluding hydrogens is 329 g/mol. The monoisotopic (exact) mass is 345 g/mol. The molecule has 0 saturated heterocycles. The van der Waals surface area contributed by atoms with Crippen LogP contribution in [-0.2, 0) is 9.53 Å². The summed E-state index contributed by atoms with van der Waals surface area (Å²) in [5, 5.41) is 2.57. The number of hydrogen-bond acceptors (Lipinski definition) is 3. The van der Waals surface area contributed by atoms with E-state index in [4.69, 9.17) is 0 Å². The van der Waals surface area contributed by atoms with E-state index >= 15 is 0 Å². The van der Waals surface area contributed by atoms with E-state index in [0.29, 0.717) is 10.9 Å². The van der Waals surface area contributed by atoms with Gasteiger partial charge in [-0.05, 0) is 30.5 Å². The van der Waals surface area contributed by atoms with E-state index in [1.807, 2.05) is 13.8 Å². The average Bonchev–Trinajstić information content (AvgIpc) is 2.35. The van der Waals surface area contributed by atoms with Crippen LogP contribution >= 0.6 is 15.9 Å². The first-order valence-electron chi connectivity index (χ1n) is 6.18. The molecule has 0 aliphatic heterocycles. The van der Waals surface area contributed by atoms with E-state index in [2.05, 4.69) is 26.0 Å². The molecule has 0 spiro atoms. The molecule has 0 aliphatic carbocycles. The maximum Gasteiger partial charge on any atom is 0.328 e. The Morgan fingerprint density at radius 3 is 2.50 bits per heavy atom. The molecule has 1 aromatic carbocycles. The second-order valence-electron chi connectivity index (χ2n) is 4.84. The Hall–Kier alpha value is -1.43. The van der Waals surface area contributed by atoms with Gasteiger partial charge in [-0.1, -0.05) is 29.8 Å². The van der Waals surface area contributed by atoms with Gasteiger partial charge in [0.05, 0.1) is 7.11 Å². The molecule has 0 bridgehead atoms. The molecule has 1 amide bonds. The molecule has 20 heavy (non-hydrogen) atoms. The summed E-state index contributed by atoms with van der Waals surface area (Å²) in [6.45, 7) is 3.86. The standard InChI is InChI=1S/C14H17BrFNO3/c1-8(2)4-12(14(19)20-3)17-13(18)9-5-10(15)7-11(16)6-9/h5-8,12H,4H2,1-3H3,(H,17,18). The molecule has 110 valence electrons. The minimum atomic E-state index is -0.741. The highest BCUT2D eigenvalue weighted by Gasteiger charge is 2.23. The van der Waals surface area contributed by atoms with Gasteiger partial charge in [0.1, 0.15) is 11.9 Å². The number of carbonyl (C=O) groups is 2. The van der Waals surface area contributed by atoms with Crippen molar-refractivity contribution >= 4 is 27.8 Å². The van der Waals surface area contributed by atoms with Gasteiger partial charge in [-0.15, -0.1) is 0 Å². The number of amides is 1. The number of hydrogen-bond donors (Lipinski definition) is 1. The molecule has 0 aromatic heterocycles. The van der Waals surface area contributed by atoms with Gasteiger partial charge in [-0.2, -0.15) is 0 Å². The predicted octanol–water partition coefficient (Wildman–Crippen LogP) is 2.91. The maximum atomic E-state index is 13.3. The van der Waals surface area contributed by atoms with E-state index in [9.17, 15) is 14.0 Å². The number of rotatable bonds is 5. The Morgan fingerprint density at radius 1 is 1.35 bits per heavy atom. The summed E-state index contributed by atoms with van der Waals surface area (Å²) in [5.41, 5.74) is 0.148. The van der Waals surface area contributed by atoms with Crippen molar-refractivity contribution in [1.82, 2.24) is 5.32 Å². The average molecular weight is 346 g/mol. The maximum absolute atomic E-state index is 13.3. The van der Waals surface area contributed by atoms with Gasteiger partial charge in [-0.25, -0.2) is 9.18 Å². The summed E-state index contributed by atoms with van der Waals surface area (Å²) < 4.78 is 18.4. The van der Waals surface area contributed by atoms with Gasteiger partial charge < -0.3 is 10.1 Å². The quantitative estimate of drug-likeness (QED) is 0.834. The molecule has 1 rings (SSSR count). The van der Waals surface area contributed by atoms with E-state index in [1.165, 1.54) is 19.2 Å². The van der Waals surface area contributed by atoms with Crippen molar-refractivity contribution < 1.29 is 18.7 Å². The van der Waals surface area contributed by atoms with E-state index in [1.54, 1.807) is 0 Å². The number of halogens is 2. The molecule has 1 atom stereocenters. The van der Waals surface area contributed by atoms with Crippen LogP contribution in [-0.4, -0.2) is 25.0 Å². The van der Waals surface area contributed by atoms with Crippen molar-refractivity contribution in [1.29, 1.82) is 0 Å². The first kappa shape index (κ1) is 16.6. The fourth-order valence-corrected chi connectivity index (χ4v) is 2.22. The van der Waals surface area contributed by atoms with Crippen LogP contribution in [0.15, 0.2) is 22.7 Å². The molecule has 6 heteroatoms. The number of ether oxygens (including phenoxy) is 1. The molecule has 0 aliphatic rings. The van der Waals surface area contributed by atoms with Crippen LogP contribution < -0.4 is 5.32 Å². The van der Waals surface area contributed by atoms with Gasteiger partial charge >= 0.3 is 5.97 Å². The Kier molecular flexibility index (Phi) is 6.13. The summed E-state index contributed by atoms with van der Waals surface area (Å²) in [6.07, 6.45) is 0.453. The zero-order valence-corrected chi connectivity index (χ0v) is 13.2. The third-order valence-electron chi connectivity index (χ3n) is 2.62. The lowest BCUT2D eigenvalue weighted by molar-refractivity contribution is -0.143. The number of esters is 1. The van der Waals surface area contributed by atoms with Crippen molar-refractivity contribution in [2.45, 2.75) is 26.3 Å². The minimum absolute atomic E-state index is 0.148. The van der Waals surface area contributed by atoms with Gasteiger partial charge in [0.2, 0.25) is 0 Å². The molecule has 1 N–H and O–H groups in total. The van der Waals surface area contributed by atoms with Crippen molar-refractivity contribution in [2.75, 3.05) is 7.11 Å². The molecule has 4 nitrogen and oxygen atoms in total. The Balaban J connectivity index is 2.87. The highest BCUT2D eigenvalue weighted by molar-refractivity contribution is 9.10. The lowest BCUT2D eigenvalue weighted by Gasteiger charge is -2.18. The first-order chi connectivity index (χ1) is 9.33. The molecular formula is C14H17BrFNO3. The zero-order valence-electron chi connectivity index (χ0n) is 11.6. The third kappa shape index (κ3) is 4.92. The van der Waals surface area contributed by atoms with Crippen LogP contribution in [0.1, 0.15) is 30.6 Å². The largest absolute Gasteiger partial charge is 0.467 e. The van der Waals surface area contributed by atoms with Crippen LogP contribution in [0.4, 0.5) is 4.39 Å². The summed E-state index contributed by atoms with van der Waals surface area (Å²) in [5.74, 6) is -1.34. The van der Waals surface area contributed by atoms with Gasteiger partial charge in [0.25, 0.3) is 5.91 Å². The number of carbonyl (C=O) groups excluding carboxylic acids is 2. The van der Waals surface area contributed by atoms with E-state index < -0.39 is 23.7 Å². The molecule has 0 heterocycles. The van der Waals surface area contributed by atoms with Gasteiger partial charge in [0.15, 0.2) is 0 Å². The fourth-order valence-electron chi connectivity index (χ4n) is 1.75.